The number of rotatable bonds is 3. The third kappa shape index (κ3) is 2.51. The van der Waals surface area contributed by atoms with Crippen molar-refractivity contribution < 1.29 is 8.42 Å². The van der Waals surface area contributed by atoms with E-state index in [1.54, 1.807) is 0 Å². The van der Waals surface area contributed by atoms with E-state index in [1.165, 1.54) is 9.87 Å². The maximum absolute atomic E-state index is 10.9. The Morgan fingerprint density at radius 2 is 1.76 bits per heavy atom. The van der Waals surface area contributed by atoms with Crippen LogP contribution in [0.4, 0.5) is 0 Å². The van der Waals surface area contributed by atoms with Gasteiger partial charge < -0.3 is 5.73 Å². The molecule has 4 nitrogen and oxygen atoms in total. The van der Waals surface area contributed by atoms with Crippen LogP contribution in [0.1, 0.15) is 18.4 Å². The third-order valence-electron chi connectivity index (χ3n) is 3.70. The van der Waals surface area contributed by atoms with Gasteiger partial charge in [-0.1, -0.05) is 30.3 Å². The Balaban J connectivity index is 2.19. The van der Waals surface area contributed by atoms with Gasteiger partial charge in [0, 0.05) is 25.0 Å². The van der Waals surface area contributed by atoms with Gasteiger partial charge in [0.2, 0.25) is 10.9 Å². The van der Waals surface area contributed by atoms with E-state index in [4.69, 9.17) is 5.73 Å². The molecule has 94 valence electrons. The van der Waals surface area contributed by atoms with E-state index in [-0.39, 0.29) is 5.41 Å². The van der Waals surface area contributed by atoms with Gasteiger partial charge in [0.1, 0.15) is 0 Å². The average molecular weight is 254 g/mol. The van der Waals surface area contributed by atoms with Crippen LogP contribution in [0.2, 0.25) is 0 Å². The normalized spacial score (nSPS) is 20.6. The van der Waals surface area contributed by atoms with Crippen molar-refractivity contribution in [2.45, 2.75) is 18.3 Å². The van der Waals surface area contributed by atoms with E-state index in [0.717, 1.165) is 12.8 Å². The van der Waals surface area contributed by atoms with Crippen LogP contribution in [-0.2, 0) is 16.3 Å². The van der Waals surface area contributed by atoms with Crippen molar-refractivity contribution in [3.05, 3.63) is 35.9 Å². The summed E-state index contributed by atoms with van der Waals surface area (Å²) in [6.45, 7) is 1.72. The number of hydrogen-bond donors (Lipinski definition) is 2. The number of nitrogens with two attached hydrogens (primary N) is 1. The second-order valence-corrected chi connectivity index (χ2v) is 5.58. The Morgan fingerprint density at radius 3 is 2.24 bits per heavy atom. The number of hydrogen-bond acceptors (Lipinski definition) is 3. The highest BCUT2D eigenvalue weighted by Crippen LogP contribution is 2.34. The maximum atomic E-state index is 10.9. The minimum atomic E-state index is -2.44. The number of thiol groups is 1. The molecule has 0 amide bonds. The Labute approximate surface area is 104 Å². The first-order valence-corrected chi connectivity index (χ1v) is 6.96. The Kier molecular flexibility index (Phi) is 3.81. The van der Waals surface area contributed by atoms with E-state index in [0.29, 0.717) is 19.6 Å². The molecule has 0 bridgehead atoms. The molecule has 1 aliphatic heterocycles. The number of piperidine rings is 1. The summed E-state index contributed by atoms with van der Waals surface area (Å²) in [5.74, 6) is 0. The van der Waals surface area contributed by atoms with Gasteiger partial charge in [-0.3, -0.25) is 0 Å². The van der Waals surface area contributed by atoms with Crippen molar-refractivity contribution in [2.75, 3.05) is 19.6 Å². The molecule has 1 heterocycles. The quantitative estimate of drug-likeness (QED) is 0.772. The zero-order chi connectivity index (χ0) is 12.3. The first kappa shape index (κ1) is 12.5. The van der Waals surface area contributed by atoms with Crippen molar-refractivity contribution in [3.8, 4) is 0 Å². The van der Waals surface area contributed by atoms with E-state index < -0.39 is 10.9 Å². The fourth-order valence-electron chi connectivity index (χ4n) is 2.49. The summed E-state index contributed by atoms with van der Waals surface area (Å²) in [5, 5.41) is 0. The highest BCUT2D eigenvalue weighted by molar-refractivity contribution is 7.69. The fourth-order valence-corrected chi connectivity index (χ4v) is 3.02. The van der Waals surface area contributed by atoms with Crippen molar-refractivity contribution >= 4 is 10.9 Å². The summed E-state index contributed by atoms with van der Waals surface area (Å²) in [4.78, 5) is 0. The largest absolute Gasteiger partial charge is 0.330 e. The maximum Gasteiger partial charge on any atom is 0.203 e. The lowest BCUT2D eigenvalue weighted by atomic mass is 9.73. The summed E-state index contributed by atoms with van der Waals surface area (Å²) in [6.07, 6.45) is 1.60. The van der Waals surface area contributed by atoms with Gasteiger partial charge in [0.15, 0.2) is 0 Å². The molecule has 1 aromatic carbocycles. The lowest BCUT2D eigenvalue weighted by molar-refractivity contribution is 0.242. The minimum absolute atomic E-state index is 0.0525. The van der Waals surface area contributed by atoms with E-state index in [1.807, 2.05) is 18.2 Å². The lowest BCUT2D eigenvalue weighted by Crippen LogP contribution is -2.46. The molecule has 1 aliphatic rings. The number of nitrogens with zero attached hydrogens (tertiary/aromatic N) is 1. The minimum Gasteiger partial charge on any atom is -0.330 e. The SMILES string of the molecule is NCC1(c2ccccc2)CCN([SH](=O)=O)CC1. The van der Waals surface area contributed by atoms with Crippen LogP contribution in [0.3, 0.4) is 0 Å². The Hall–Kier alpha value is -0.910. The van der Waals surface area contributed by atoms with Gasteiger partial charge in [-0.2, -0.15) is 0 Å². The highest BCUT2D eigenvalue weighted by Gasteiger charge is 2.35. The molecule has 2 N–H and O–H groups in total. The zero-order valence-electron chi connectivity index (χ0n) is 9.71. The molecule has 17 heavy (non-hydrogen) atoms. The van der Waals surface area contributed by atoms with Crippen molar-refractivity contribution in [3.63, 3.8) is 0 Å². The van der Waals surface area contributed by atoms with E-state index in [9.17, 15) is 8.42 Å². The molecule has 0 aromatic heterocycles. The molecular formula is C12H18N2O2S. The molecular weight excluding hydrogens is 236 g/mol. The molecule has 1 fully saturated rings. The first-order valence-electron chi connectivity index (χ1n) is 5.83. The van der Waals surface area contributed by atoms with Crippen molar-refractivity contribution in [1.82, 2.24) is 4.31 Å². The molecule has 1 aromatic rings. The molecule has 0 aliphatic carbocycles. The van der Waals surface area contributed by atoms with Gasteiger partial charge in [0.05, 0.1) is 0 Å². The average Bonchev–Trinajstić information content (AvgIpc) is 2.40. The van der Waals surface area contributed by atoms with Crippen LogP contribution < -0.4 is 5.73 Å². The van der Waals surface area contributed by atoms with Gasteiger partial charge >= 0.3 is 0 Å². The molecule has 0 saturated carbocycles. The predicted octanol–water partition coefficient (Wildman–Crippen LogP) is 0.505. The van der Waals surface area contributed by atoms with Crippen molar-refractivity contribution in [1.29, 1.82) is 0 Å². The van der Waals surface area contributed by atoms with Crippen LogP contribution in [0.5, 0.6) is 0 Å². The molecule has 1 saturated heterocycles. The lowest BCUT2D eigenvalue weighted by Gasteiger charge is -2.39. The van der Waals surface area contributed by atoms with Gasteiger partial charge in [0.25, 0.3) is 0 Å². The Morgan fingerprint density at radius 1 is 1.18 bits per heavy atom. The fraction of sp³-hybridized carbons (Fsp3) is 0.500. The van der Waals surface area contributed by atoms with Gasteiger partial charge in [-0.15, -0.1) is 0 Å². The second-order valence-electron chi connectivity index (χ2n) is 4.54. The van der Waals surface area contributed by atoms with Crippen LogP contribution in [0, 0.1) is 0 Å². The topological polar surface area (TPSA) is 63.4 Å². The molecule has 5 heteroatoms. The molecule has 0 spiro atoms. The molecule has 0 radical (unpaired) electrons. The smallest absolute Gasteiger partial charge is 0.203 e. The van der Waals surface area contributed by atoms with Gasteiger partial charge in [-0.25, -0.2) is 12.7 Å². The van der Waals surface area contributed by atoms with Crippen molar-refractivity contribution in [2.24, 2.45) is 5.73 Å². The molecule has 0 unspecified atom stereocenters. The predicted molar refractivity (Wildman–Crippen MR) is 68.3 cm³/mol. The summed E-state index contributed by atoms with van der Waals surface area (Å²) < 4.78 is 23.3. The summed E-state index contributed by atoms with van der Waals surface area (Å²) in [5.41, 5.74) is 7.10. The molecule has 2 rings (SSSR count). The van der Waals surface area contributed by atoms with Crippen LogP contribution >= 0.6 is 0 Å². The standard InChI is InChI=1S/C12H18N2O2S/c13-10-12(11-4-2-1-3-5-11)6-8-14(9-7-12)17(15)16/h1-5,17H,6-10,13H2. The second kappa shape index (κ2) is 5.16. The zero-order valence-corrected chi connectivity index (χ0v) is 10.6. The third-order valence-corrected chi connectivity index (χ3v) is 4.57. The van der Waals surface area contributed by atoms with Gasteiger partial charge in [-0.05, 0) is 18.4 Å². The Bertz CT molecular complexity index is 429. The van der Waals surface area contributed by atoms with Crippen LogP contribution in [0.15, 0.2) is 30.3 Å². The first-order chi connectivity index (χ1) is 8.18. The monoisotopic (exact) mass is 254 g/mol. The molecule has 0 atom stereocenters. The van der Waals surface area contributed by atoms with E-state index in [2.05, 4.69) is 12.1 Å². The highest BCUT2D eigenvalue weighted by atomic mass is 32.2. The van der Waals surface area contributed by atoms with Crippen LogP contribution in [-0.4, -0.2) is 32.4 Å². The number of benzene rings is 1. The van der Waals surface area contributed by atoms with Crippen LogP contribution in [0.25, 0.3) is 0 Å². The summed E-state index contributed by atoms with van der Waals surface area (Å²) >= 11 is 0. The van der Waals surface area contributed by atoms with E-state index >= 15 is 0 Å². The summed E-state index contributed by atoms with van der Waals surface area (Å²) in [6, 6.07) is 10.2. The summed E-state index contributed by atoms with van der Waals surface area (Å²) in [7, 11) is -2.44.